The zero-order chi connectivity index (χ0) is 10.4. The first-order valence-corrected chi connectivity index (χ1v) is 5.02. The van der Waals surface area contributed by atoms with Crippen molar-refractivity contribution in [2.24, 2.45) is 0 Å². The van der Waals surface area contributed by atoms with Crippen LogP contribution >= 0.6 is 0 Å². The van der Waals surface area contributed by atoms with E-state index < -0.39 is 0 Å². The maximum atomic E-state index is 4.12. The minimum Gasteiger partial charge on any atom is -0.348 e. The monoisotopic (exact) mass is 196 g/mol. The predicted molar refractivity (Wildman–Crippen MR) is 58.1 cm³/mol. The van der Waals surface area contributed by atoms with E-state index in [2.05, 4.69) is 41.4 Å². The number of nitrogens with zero attached hydrogens (tertiary/aromatic N) is 1. The van der Waals surface area contributed by atoms with Gasteiger partial charge < -0.3 is 15.6 Å². The van der Waals surface area contributed by atoms with E-state index in [1.165, 1.54) is 0 Å². The Kier molecular flexibility index (Phi) is 4.10. The van der Waals surface area contributed by atoms with Gasteiger partial charge in [0, 0.05) is 31.0 Å². The van der Waals surface area contributed by atoms with Crippen LogP contribution in [0.4, 0.5) is 0 Å². The summed E-state index contributed by atoms with van der Waals surface area (Å²) < 4.78 is 0. The summed E-state index contributed by atoms with van der Waals surface area (Å²) in [6.07, 6.45) is 3.61. The van der Waals surface area contributed by atoms with Gasteiger partial charge in [-0.15, -0.1) is 0 Å². The van der Waals surface area contributed by atoms with Crippen LogP contribution < -0.4 is 10.6 Å². The van der Waals surface area contributed by atoms with Crippen LogP contribution in [0.2, 0.25) is 0 Å². The van der Waals surface area contributed by atoms with Gasteiger partial charge in [0.25, 0.3) is 0 Å². The molecule has 14 heavy (non-hydrogen) atoms. The van der Waals surface area contributed by atoms with Crippen LogP contribution in [0.5, 0.6) is 0 Å². The Hall–Kier alpha value is -0.870. The van der Waals surface area contributed by atoms with Crippen molar-refractivity contribution >= 4 is 0 Å². The Morgan fingerprint density at radius 1 is 1.36 bits per heavy atom. The number of rotatable bonds is 5. The number of hydrogen-bond acceptors (Lipinski definition) is 3. The smallest absolute Gasteiger partial charge is 0.120 e. The quantitative estimate of drug-likeness (QED) is 0.613. The van der Waals surface area contributed by atoms with Gasteiger partial charge in [-0.25, -0.2) is 4.98 Å². The maximum Gasteiger partial charge on any atom is 0.120 e. The molecule has 1 heterocycles. The Morgan fingerprint density at radius 3 is 2.71 bits per heavy atom. The molecule has 0 saturated carbocycles. The third-order valence-corrected chi connectivity index (χ3v) is 1.80. The van der Waals surface area contributed by atoms with Crippen LogP contribution in [0.15, 0.2) is 12.4 Å². The average Bonchev–Trinajstić information content (AvgIpc) is 2.54. The van der Waals surface area contributed by atoms with Crippen molar-refractivity contribution in [3.63, 3.8) is 0 Å². The van der Waals surface area contributed by atoms with E-state index >= 15 is 0 Å². The van der Waals surface area contributed by atoms with Crippen molar-refractivity contribution < 1.29 is 0 Å². The molecule has 3 N–H and O–H groups in total. The molecular weight excluding hydrogens is 176 g/mol. The molecule has 0 aliphatic heterocycles. The number of hydrogen-bond donors (Lipinski definition) is 3. The third-order valence-electron chi connectivity index (χ3n) is 1.80. The third kappa shape index (κ3) is 4.99. The van der Waals surface area contributed by atoms with Crippen LogP contribution in [0.3, 0.4) is 0 Å². The molecule has 4 nitrogen and oxygen atoms in total. The van der Waals surface area contributed by atoms with Crippen LogP contribution in [-0.4, -0.2) is 28.6 Å². The van der Waals surface area contributed by atoms with Crippen molar-refractivity contribution in [3.05, 3.63) is 18.2 Å². The van der Waals surface area contributed by atoms with E-state index in [4.69, 9.17) is 0 Å². The SMILES string of the molecule is CC(C)(C)NCCNCc1ncc[nH]1. The molecule has 1 aromatic rings. The molecule has 0 spiro atoms. The van der Waals surface area contributed by atoms with E-state index in [1.54, 1.807) is 6.20 Å². The van der Waals surface area contributed by atoms with Gasteiger partial charge in [-0.05, 0) is 20.8 Å². The highest BCUT2D eigenvalue weighted by atomic mass is 15.0. The second kappa shape index (κ2) is 5.12. The Bertz CT molecular complexity index is 235. The Morgan fingerprint density at radius 2 is 2.14 bits per heavy atom. The van der Waals surface area contributed by atoms with Crippen LogP contribution in [0, 0.1) is 0 Å². The molecule has 0 fully saturated rings. The van der Waals surface area contributed by atoms with Crippen LogP contribution in [-0.2, 0) is 6.54 Å². The summed E-state index contributed by atoms with van der Waals surface area (Å²) in [4.78, 5) is 7.17. The maximum absolute atomic E-state index is 4.12. The minimum absolute atomic E-state index is 0.201. The molecule has 0 aliphatic carbocycles. The van der Waals surface area contributed by atoms with Gasteiger partial charge >= 0.3 is 0 Å². The molecule has 1 aromatic heterocycles. The lowest BCUT2D eigenvalue weighted by Crippen LogP contribution is -2.40. The largest absolute Gasteiger partial charge is 0.348 e. The molecule has 0 aliphatic rings. The van der Waals surface area contributed by atoms with E-state index in [0.717, 1.165) is 25.5 Å². The van der Waals surface area contributed by atoms with Crippen molar-refractivity contribution in [2.45, 2.75) is 32.9 Å². The van der Waals surface area contributed by atoms with Crippen LogP contribution in [0.25, 0.3) is 0 Å². The van der Waals surface area contributed by atoms with Crippen molar-refractivity contribution in [1.82, 2.24) is 20.6 Å². The molecule has 1 rings (SSSR count). The fourth-order valence-electron chi connectivity index (χ4n) is 1.13. The highest BCUT2D eigenvalue weighted by Gasteiger charge is 2.06. The molecule has 4 heteroatoms. The normalized spacial score (nSPS) is 11.9. The fourth-order valence-corrected chi connectivity index (χ4v) is 1.13. The number of aromatic nitrogens is 2. The van der Waals surface area contributed by atoms with Gasteiger partial charge in [0.1, 0.15) is 5.82 Å². The minimum atomic E-state index is 0.201. The van der Waals surface area contributed by atoms with Gasteiger partial charge in [0.15, 0.2) is 0 Å². The van der Waals surface area contributed by atoms with Crippen LogP contribution in [0.1, 0.15) is 26.6 Å². The highest BCUT2D eigenvalue weighted by Crippen LogP contribution is 1.96. The van der Waals surface area contributed by atoms with E-state index in [9.17, 15) is 0 Å². The standard InChI is InChI=1S/C10H20N4/c1-10(2,3)14-7-4-11-8-9-12-5-6-13-9/h5-6,11,14H,4,7-8H2,1-3H3,(H,12,13). The summed E-state index contributed by atoms with van der Waals surface area (Å²) in [6, 6.07) is 0. The molecule has 0 aromatic carbocycles. The summed E-state index contributed by atoms with van der Waals surface area (Å²) in [7, 11) is 0. The Balaban J connectivity index is 2.00. The lowest BCUT2D eigenvalue weighted by Gasteiger charge is -2.20. The zero-order valence-corrected chi connectivity index (χ0v) is 9.22. The number of H-pyrrole nitrogens is 1. The Labute approximate surface area is 85.5 Å². The van der Waals surface area contributed by atoms with E-state index in [1.807, 2.05) is 6.20 Å². The highest BCUT2D eigenvalue weighted by molar-refractivity contribution is 4.85. The second-order valence-electron chi connectivity index (χ2n) is 4.39. The molecule has 0 amide bonds. The lowest BCUT2D eigenvalue weighted by atomic mass is 10.1. The lowest BCUT2D eigenvalue weighted by molar-refractivity contribution is 0.421. The summed E-state index contributed by atoms with van der Waals surface area (Å²) in [6.45, 7) is 9.24. The first-order valence-electron chi connectivity index (χ1n) is 5.02. The average molecular weight is 196 g/mol. The predicted octanol–water partition coefficient (Wildman–Crippen LogP) is 0.887. The summed E-state index contributed by atoms with van der Waals surface area (Å²) in [5, 5.41) is 6.71. The van der Waals surface area contributed by atoms with Crippen molar-refractivity contribution in [3.8, 4) is 0 Å². The zero-order valence-electron chi connectivity index (χ0n) is 9.22. The molecule has 0 bridgehead atoms. The summed E-state index contributed by atoms with van der Waals surface area (Å²) in [5.41, 5.74) is 0.201. The summed E-state index contributed by atoms with van der Waals surface area (Å²) in [5.74, 6) is 0.987. The van der Waals surface area contributed by atoms with E-state index in [-0.39, 0.29) is 5.54 Å². The topological polar surface area (TPSA) is 52.7 Å². The number of aromatic amines is 1. The molecule has 0 unspecified atom stereocenters. The fraction of sp³-hybridized carbons (Fsp3) is 0.700. The van der Waals surface area contributed by atoms with Gasteiger partial charge in [-0.2, -0.15) is 0 Å². The van der Waals surface area contributed by atoms with Crippen molar-refractivity contribution in [1.29, 1.82) is 0 Å². The molecule has 0 radical (unpaired) electrons. The molecule has 80 valence electrons. The number of nitrogens with one attached hydrogen (secondary N) is 3. The van der Waals surface area contributed by atoms with Gasteiger partial charge in [0.05, 0.1) is 6.54 Å². The van der Waals surface area contributed by atoms with E-state index in [0.29, 0.717) is 0 Å². The molecular formula is C10H20N4. The number of imidazole rings is 1. The molecule has 0 saturated heterocycles. The van der Waals surface area contributed by atoms with Gasteiger partial charge in [0.2, 0.25) is 0 Å². The van der Waals surface area contributed by atoms with Gasteiger partial charge in [-0.1, -0.05) is 0 Å². The summed E-state index contributed by atoms with van der Waals surface area (Å²) >= 11 is 0. The second-order valence-corrected chi connectivity index (χ2v) is 4.39. The van der Waals surface area contributed by atoms with Crippen molar-refractivity contribution in [2.75, 3.05) is 13.1 Å². The first-order chi connectivity index (χ1) is 6.58. The first kappa shape index (κ1) is 11.2. The molecule has 0 atom stereocenters. The van der Waals surface area contributed by atoms with Gasteiger partial charge in [-0.3, -0.25) is 0 Å².